The number of aliphatic hydroxyl groups is 1. The molecule has 1 rings (SSSR count). The van der Waals surface area contributed by atoms with Gasteiger partial charge in [-0.25, -0.2) is 4.39 Å². The van der Waals surface area contributed by atoms with Crippen LogP contribution in [0, 0.1) is 5.82 Å². The zero-order valence-electron chi connectivity index (χ0n) is 7.07. The summed E-state index contributed by atoms with van der Waals surface area (Å²) in [4.78, 5) is 0. The van der Waals surface area contributed by atoms with Gasteiger partial charge in [-0.1, -0.05) is 12.2 Å². The Hall–Kier alpha value is -1.35. The number of rotatable bonds is 3. The lowest BCUT2D eigenvalue weighted by molar-refractivity contribution is 0.303. The lowest BCUT2D eigenvalue weighted by Gasteiger charge is -1.97. The Bertz CT molecular complexity index is 308. The molecule has 0 spiro atoms. The first-order valence-electron chi connectivity index (χ1n) is 4.00. The van der Waals surface area contributed by atoms with Crippen molar-refractivity contribution in [2.75, 3.05) is 6.61 Å². The maximum absolute atomic E-state index is 12.5. The fourth-order valence-electron chi connectivity index (χ4n) is 0.943. The van der Waals surface area contributed by atoms with E-state index in [0.717, 1.165) is 6.07 Å². The number of aliphatic hydroxyl groups excluding tert-OH is 1. The Labute approximate surface area is 76.0 Å². The summed E-state index contributed by atoms with van der Waals surface area (Å²) in [6, 6.07) is 3.81. The smallest absolute Gasteiger partial charge is 0.126 e. The molecule has 0 saturated carbocycles. The van der Waals surface area contributed by atoms with Crippen LogP contribution in [0.4, 0.5) is 4.39 Å². The highest BCUT2D eigenvalue weighted by atomic mass is 19.1. The van der Waals surface area contributed by atoms with Crippen molar-refractivity contribution in [1.82, 2.24) is 0 Å². The number of benzene rings is 1. The molecule has 3 heteroatoms. The number of phenolic OH excluding ortho intramolecular Hbond substituents is 1. The molecule has 0 amide bonds. The monoisotopic (exact) mass is 182 g/mol. The van der Waals surface area contributed by atoms with E-state index in [0.29, 0.717) is 12.0 Å². The summed E-state index contributed by atoms with van der Waals surface area (Å²) in [5.41, 5.74) is 0.551. The normalized spacial score (nSPS) is 10.9. The Morgan fingerprint density at radius 2 is 2.15 bits per heavy atom. The molecule has 1 aromatic carbocycles. The van der Waals surface area contributed by atoms with Gasteiger partial charge in [0.25, 0.3) is 0 Å². The van der Waals surface area contributed by atoms with Crippen molar-refractivity contribution in [3.63, 3.8) is 0 Å². The lowest BCUT2D eigenvalue weighted by atomic mass is 10.2. The highest BCUT2D eigenvalue weighted by molar-refractivity contribution is 5.56. The van der Waals surface area contributed by atoms with Gasteiger partial charge in [0.15, 0.2) is 0 Å². The van der Waals surface area contributed by atoms with Crippen LogP contribution in [0.1, 0.15) is 12.0 Å². The minimum absolute atomic E-state index is 0.0679. The van der Waals surface area contributed by atoms with Gasteiger partial charge in [0.2, 0.25) is 0 Å². The number of phenols is 1. The van der Waals surface area contributed by atoms with Crippen LogP contribution in [0.25, 0.3) is 6.08 Å². The number of aromatic hydroxyl groups is 1. The molecule has 1 aromatic rings. The van der Waals surface area contributed by atoms with E-state index in [1.165, 1.54) is 12.1 Å². The first-order valence-corrected chi connectivity index (χ1v) is 4.00. The van der Waals surface area contributed by atoms with E-state index in [1.807, 2.05) is 0 Å². The van der Waals surface area contributed by atoms with Gasteiger partial charge in [0.05, 0.1) is 0 Å². The quantitative estimate of drug-likeness (QED) is 0.749. The second-order valence-corrected chi connectivity index (χ2v) is 2.62. The van der Waals surface area contributed by atoms with E-state index in [9.17, 15) is 9.50 Å². The Kier molecular flexibility index (Phi) is 3.46. The van der Waals surface area contributed by atoms with Gasteiger partial charge in [-0.2, -0.15) is 0 Å². The van der Waals surface area contributed by atoms with Crippen molar-refractivity contribution in [2.24, 2.45) is 0 Å². The molecule has 0 heterocycles. The predicted octanol–water partition coefficient (Wildman–Crippen LogP) is 1.93. The molecular weight excluding hydrogens is 171 g/mol. The molecule has 0 bridgehead atoms. The third kappa shape index (κ3) is 2.87. The van der Waals surface area contributed by atoms with E-state index in [1.54, 1.807) is 12.2 Å². The van der Waals surface area contributed by atoms with Crippen LogP contribution >= 0.6 is 0 Å². The van der Waals surface area contributed by atoms with Gasteiger partial charge in [-0.05, 0) is 18.6 Å². The first kappa shape index (κ1) is 9.74. The molecule has 0 fully saturated rings. The van der Waals surface area contributed by atoms with Crippen molar-refractivity contribution in [3.8, 4) is 5.75 Å². The minimum atomic E-state index is -0.461. The third-order valence-electron chi connectivity index (χ3n) is 1.59. The van der Waals surface area contributed by atoms with Crippen molar-refractivity contribution in [1.29, 1.82) is 0 Å². The predicted molar refractivity (Wildman–Crippen MR) is 48.8 cm³/mol. The maximum Gasteiger partial charge on any atom is 0.126 e. The number of halogens is 1. The maximum atomic E-state index is 12.5. The fraction of sp³-hybridized carbons (Fsp3) is 0.200. The Morgan fingerprint density at radius 3 is 2.77 bits per heavy atom. The van der Waals surface area contributed by atoms with Crippen LogP contribution in [0.2, 0.25) is 0 Å². The molecule has 0 unspecified atom stereocenters. The molecule has 13 heavy (non-hydrogen) atoms. The van der Waals surface area contributed by atoms with Crippen LogP contribution in [-0.4, -0.2) is 16.8 Å². The van der Waals surface area contributed by atoms with Gasteiger partial charge in [0, 0.05) is 18.2 Å². The molecular formula is C10H11FO2. The SMILES string of the molecule is OCCC=Cc1ccc(F)cc1O. The fourth-order valence-corrected chi connectivity index (χ4v) is 0.943. The average Bonchev–Trinajstić information content (AvgIpc) is 2.09. The second-order valence-electron chi connectivity index (χ2n) is 2.62. The summed E-state index contributed by atoms with van der Waals surface area (Å²) < 4.78 is 12.5. The molecule has 0 aliphatic rings. The molecule has 0 saturated heterocycles. The van der Waals surface area contributed by atoms with Crippen molar-refractivity contribution < 1.29 is 14.6 Å². The summed E-state index contributed by atoms with van der Waals surface area (Å²) in [7, 11) is 0. The zero-order chi connectivity index (χ0) is 9.68. The summed E-state index contributed by atoms with van der Waals surface area (Å²) in [6.45, 7) is 0.0679. The van der Waals surface area contributed by atoms with E-state index in [2.05, 4.69) is 0 Å². The van der Waals surface area contributed by atoms with Crippen LogP contribution in [0.15, 0.2) is 24.3 Å². The van der Waals surface area contributed by atoms with Crippen molar-refractivity contribution in [2.45, 2.75) is 6.42 Å². The molecule has 70 valence electrons. The lowest BCUT2D eigenvalue weighted by Crippen LogP contribution is -1.79. The van der Waals surface area contributed by atoms with Gasteiger partial charge in [-0.3, -0.25) is 0 Å². The number of hydrogen-bond donors (Lipinski definition) is 2. The summed E-state index contributed by atoms with van der Waals surface area (Å²) in [5.74, 6) is -0.550. The van der Waals surface area contributed by atoms with Crippen LogP contribution in [-0.2, 0) is 0 Å². The molecule has 0 radical (unpaired) electrons. The van der Waals surface area contributed by atoms with Crippen molar-refractivity contribution >= 4 is 6.08 Å². The van der Waals surface area contributed by atoms with E-state index in [4.69, 9.17) is 5.11 Å². The van der Waals surface area contributed by atoms with Gasteiger partial charge >= 0.3 is 0 Å². The van der Waals surface area contributed by atoms with Crippen molar-refractivity contribution in [3.05, 3.63) is 35.7 Å². The molecule has 0 aromatic heterocycles. The third-order valence-corrected chi connectivity index (χ3v) is 1.59. The molecule has 0 aliphatic carbocycles. The zero-order valence-corrected chi connectivity index (χ0v) is 7.07. The van der Waals surface area contributed by atoms with Crippen LogP contribution in [0.5, 0.6) is 5.75 Å². The molecule has 0 aliphatic heterocycles. The largest absolute Gasteiger partial charge is 0.507 e. The van der Waals surface area contributed by atoms with Gasteiger partial charge < -0.3 is 10.2 Å². The Balaban J connectivity index is 2.77. The number of hydrogen-bond acceptors (Lipinski definition) is 2. The van der Waals surface area contributed by atoms with Gasteiger partial charge in [0.1, 0.15) is 11.6 Å². The second kappa shape index (κ2) is 4.62. The first-order chi connectivity index (χ1) is 6.24. The molecule has 2 nitrogen and oxygen atoms in total. The van der Waals surface area contributed by atoms with Crippen LogP contribution < -0.4 is 0 Å². The standard InChI is InChI=1S/C10H11FO2/c11-9-5-4-8(10(13)7-9)3-1-2-6-12/h1,3-5,7,12-13H,2,6H2. The summed E-state index contributed by atoms with van der Waals surface area (Å²) in [5, 5.41) is 17.7. The Morgan fingerprint density at radius 1 is 1.38 bits per heavy atom. The van der Waals surface area contributed by atoms with Gasteiger partial charge in [-0.15, -0.1) is 0 Å². The minimum Gasteiger partial charge on any atom is -0.507 e. The highest BCUT2D eigenvalue weighted by Gasteiger charge is 1.97. The average molecular weight is 182 g/mol. The molecule has 0 atom stereocenters. The van der Waals surface area contributed by atoms with E-state index >= 15 is 0 Å². The molecule has 2 N–H and O–H groups in total. The van der Waals surface area contributed by atoms with E-state index < -0.39 is 5.82 Å². The summed E-state index contributed by atoms with van der Waals surface area (Å²) >= 11 is 0. The van der Waals surface area contributed by atoms with E-state index in [-0.39, 0.29) is 12.4 Å². The van der Waals surface area contributed by atoms with Crippen LogP contribution in [0.3, 0.4) is 0 Å². The summed E-state index contributed by atoms with van der Waals surface area (Å²) in [6.07, 6.45) is 3.88. The topological polar surface area (TPSA) is 40.5 Å². The highest BCUT2D eigenvalue weighted by Crippen LogP contribution is 2.19.